The summed E-state index contributed by atoms with van der Waals surface area (Å²) in [5, 5.41) is 7.18. The summed E-state index contributed by atoms with van der Waals surface area (Å²) >= 11 is 0. The van der Waals surface area contributed by atoms with Crippen LogP contribution in [0.25, 0.3) is 12.2 Å². The molecule has 0 fully saturated rings. The SMILES string of the molecule is O=C(Nc1ccc(/C=C/c2ccc(NC(=O)c3ccc(NC(c4ccco4)S(=O)(=O)O)cc3)cc2S(=O)(=O)O)c(S(=O)(=O)O)c1)c1ccc(NC(c2ccco2)S(O)(O)O)cc1. The van der Waals surface area contributed by atoms with Crippen LogP contribution in [0, 0.1) is 0 Å². The van der Waals surface area contributed by atoms with Crippen molar-refractivity contribution >= 4 is 87.9 Å². The topological polar surface area (TPSA) is 332 Å². The summed E-state index contributed by atoms with van der Waals surface area (Å²) in [6.45, 7) is 0. The molecule has 2 heterocycles. The summed E-state index contributed by atoms with van der Waals surface area (Å²) in [6, 6.07) is 23.3. The molecule has 2 unspecified atom stereocenters. The van der Waals surface area contributed by atoms with Gasteiger partial charge >= 0.3 is 0 Å². The molecule has 0 aliphatic heterocycles. The van der Waals surface area contributed by atoms with Crippen molar-refractivity contribution in [3.05, 3.63) is 155 Å². The van der Waals surface area contributed by atoms with Crippen LogP contribution < -0.4 is 21.3 Å². The van der Waals surface area contributed by atoms with Gasteiger partial charge in [-0.15, -0.1) is 0 Å². The summed E-state index contributed by atoms with van der Waals surface area (Å²) in [4.78, 5) is 24.7. The maximum Gasteiger partial charge on any atom is 0.295 e. The average Bonchev–Trinajstić information content (AvgIpc) is 3.93. The standard InChI is InChI=1S/C38H34N4O16S4/c43-35(25-9-13-27(14-10-25)41-37(61(51,52)53)31-3-1-19-57-31)39-29-17-7-23(33(21-29)59(45,46)47)5-6-24-8-18-30(22-34(24)60(48,49)50)40-36(44)26-11-15-28(16-12-26)42-38(62(54,55)56)32-4-2-20-58-32/h1-22,37-38,41-42,51-53H,(H,39,43)(H,40,44)(H,45,46,47)(H,48,49,50)(H,54,55,56)/b6-5+. The van der Waals surface area contributed by atoms with Crippen LogP contribution in [-0.2, 0) is 30.4 Å². The molecule has 0 spiro atoms. The number of rotatable bonds is 16. The van der Waals surface area contributed by atoms with Crippen LogP contribution in [0.5, 0.6) is 0 Å². The smallest absolute Gasteiger partial charge is 0.295 e. The van der Waals surface area contributed by atoms with Crippen molar-refractivity contribution in [1.82, 2.24) is 0 Å². The van der Waals surface area contributed by atoms with E-state index in [0.717, 1.165) is 24.3 Å². The van der Waals surface area contributed by atoms with Crippen molar-refractivity contribution in [1.29, 1.82) is 0 Å². The van der Waals surface area contributed by atoms with Crippen molar-refractivity contribution in [2.75, 3.05) is 21.3 Å². The molecule has 62 heavy (non-hydrogen) atoms. The first kappa shape index (κ1) is 45.2. The Morgan fingerprint density at radius 3 is 1.21 bits per heavy atom. The van der Waals surface area contributed by atoms with Crippen molar-refractivity contribution < 1.29 is 71.0 Å². The molecule has 0 bridgehead atoms. The molecule has 0 aliphatic rings. The summed E-state index contributed by atoms with van der Waals surface area (Å²) < 4.78 is 143. The van der Waals surface area contributed by atoms with E-state index in [4.69, 9.17) is 8.83 Å². The minimum Gasteiger partial charge on any atom is -0.466 e. The lowest BCUT2D eigenvalue weighted by molar-refractivity contribution is 0.101. The third-order valence-corrected chi connectivity index (χ3v) is 12.4. The Kier molecular flexibility index (Phi) is 13.1. The Labute approximate surface area is 354 Å². The van der Waals surface area contributed by atoms with E-state index in [1.165, 1.54) is 110 Å². The van der Waals surface area contributed by atoms with E-state index >= 15 is 0 Å². The summed E-state index contributed by atoms with van der Waals surface area (Å²) in [5.41, 5.74) is 0.0708. The van der Waals surface area contributed by atoms with E-state index in [2.05, 4.69) is 21.3 Å². The fourth-order valence-corrected chi connectivity index (χ4v) is 8.62. The third kappa shape index (κ3) is 11.3. The van der Waals surface area contributed by atoms with Gasteiger partial charge in [-0.2, -0.15) is 25.3 Å². The number of amides is 2. The predicted molar refractivity (Wildman–Crippen MR) is 227 cm³/mol. The van der Waals surface area contributed by atoms with Gasteiger partial charge in [-0.05, 0) is 108 Å². The van der Waals surface area contributed by atoms with Crippen LogP contribution in [0.15, 0.2) is 140 Å². The lowest BCUT2D eigenvalue weighted by Gasteiger charge is -2.29. The van der Waals surface area contributed by atoms with E-state index in [0.29, 0.717) is 0 Å². The molecule has 0 aliphatic carbocycles. The Morgan fingerprint density at radius 1 is 0.500 bits per heavy atom. The van der Waals surface area contributed by atoms with Crippen molar-refractivity contribution in [2.45, 2.75) is 20.5 Å². The van der Waals surface area contributed by atoms with Crippen LogP contribution in [-0.4, -0.2) is 64.4 Å². The van der Waals surface area contributed by atoms with E-state index in [9.17, 15) is 62.2 Å². The van der Waals surface area contributed by atoms with Gasteiger partial charge in [0.05, 0.1) is 12.5 Å². The molecular formula is C38H34N4O16S4. The van der Waals surface area contributed by atoms with Crippen molar-refractivity contribution in [3.63, 3.8) is 0 Å². The molecule has 10 N–H and O–H groups in total. The van der Waals surface area contributed by atoms with E-state index in [1.807, 2.05) is 0 Å². The zero-order chi connectivity index (χ0) is 45.0. The van der Waals surface area contributed by atoms with Gasteiger partial charge in [-0.3, -0.25) is 23.2 Å². The fourth-order valence-electron chi connectivity index (χ4n) is 5.75. The highest BCUT2D eigenvalue weighted by Crippen LogP contribution is 2.50. The second kappa shape index (κ2) is 18.0. The molecule has 6 aromatic rings. The normalized spacial score (nSPS) is 13.6. The molecule has 0 radical (unpaired) electrons. The van der Waals surface area contributed by atoms with Gasteiger partial charge in [-0.1, -0.05) is 24.3 Å². The Morgan fingerprint density at radius 2 is 0.871 bits per heavy atom. The second-order valence-corrected chi connectivity index (χ2v) is 18.9. The third-order valence-electron chi connectivity index (χ3n) is 8.65. The van der Waals surface area contributed by atoms with E-state index in [1.54, 1.807) is 0 Å². The molecule has 2 amide bonds. The first-order valence-electron chi connectivity index (χ1n) is 17.4. The second-order valence-electron chi connectivity index (χ2n) is 13.0. The molecule has 326 valence electrons. The molecule has 20 nitrogen and oxygen atoms in total. The average molecular weight is 931 g/mol. The van der Waals surface area contributed by atoms with Gasteiger partial charge in [0.1, 0.15) is 32.2 Å². The Hall–Kier alpha value is -6.32. The number of carbonyl (C=O) groups is 2. The van der Waals surface area contributed by atoms with Crippen LogP contribution >= 0.6 is 10.9 Å². The minimum atomic E-state index is -4.96. The van der Waals surface area contributed by atoms with Gasteiger partial charge in [0, 0.05) is 33.9 Å². The molecular weight excluding hydrogens is 897 g/mol. The first-order valence-corrected chi connectivity index (χ1v) is 23.3. The van der Waals surface area contributed by atoms with Crippen molar-refractivity contribution in [2.24, 2.45) is 0 Å². The Bertz CT molecular complexity index is 2950. The van der Waals surface area contributed by atoms with E-state index < -0.39 is 73.6 Å². The highest BCUT2D eigenvalue weighted by Gasteiger charge is 2.32. The number of hydrogen-bond acceptors (Lipinski definition) is 15. The highest BCUT2D eigenvalue weighted by molar-refractivity contribution is 8.19. The number of benzene rings is 4. The molecule has 6 rings (SSSR count). The fraction of sp³-hybridized carbons (Fsp3) is 0.0526. The number of carbonyl (C=O) groups excluding carboxylic acids is 2. The zero-order valence-corrected chi connectivity index (χ0v) is 34.5. The number of hydrogen-bond donors (Lipinski definition) is 10. The Balaban J connectivity index is 1.15. The molecule has 2 atom stereocenters. The number of nitrogens with one attached hydrogen (secondary N) is 4. The minimum absolute atomic E-state index is 0.0291. The predicted octanol–water partition coefficient (Wildman–Crippen LogP) is 7.37. The lowest BCUT2D eigenvalue weighted by Crippen LogP contribution is -2.20. The molecule has 24 heteroatoms. The van der Waals surface area contributed by atoms with Gasteiger partial charge in [0.25, 0.3) is 42.2 Å². The van der Waals surface area contributed by atoms with Crippen LogP contribution in [0.1, 0.15) is 54.1 Å². The van der Waals surface area contributed by atoms with Crippen molar-refractivity contribution in [3.8, 4) is 0 Å². The van der Waals surface area contributed by atoms with Gasteiger partial charge in [0.15, 0.2) is 5.37 Å². The van der Waals surface area contributed by atoms with E-state index in [-0.39, 0.29) is 56.5 Å². The molecule has 4 aromatic carbocycles. The van der Waals surface area contributed by atoms with Gasteiger partial charge in [0.2, 0.25) is 5.37 Å². The maximum absolute atomic E-state index is 13.0. The molecule has 0 saturated carbocycles. The summed E-state index contributed by atoms with van der Waals surface area (Å²) in [5.74, 6) is -1.52. The first-order chi connectivity index (χ1) is 29.1. The zero-order valence-electron chi connectivity index (χ0n) is 31.3. The van der Waals surface area contributed by atoms with Crippen LogP contribution in [0.4, 0.5) is 22.7 Å². The quantitative estimate of drug-likeness (QED) is 0.0334. The molecule has 2 aromatic heterocycles. The largest absolute Gasteiger partial charge is 0.466 e. The lowest BCUT2D eigenvalue weighted by atomic mass is 10.1. The maximum atomic E-state index is 13.0. The van der Waals surface area contributed by atoms with Crippen LogP contribution in [0.3, 0.4) is 0 Å². The highest BCUT2D eigenvalue weighted by atomic mass is 32.3. The summed E-state index contributed by atoms with van der Waals surface area (Å²) in [7, 11) is -18.7. The van der Waals surface area contributed by atoms with Crippen LogP contribution in [0.2, 0.25) is 0 Å². The van der Waals surface area contributed by atoms with Gasteiger partial charge in [-0.25, -0.2) is 0 Å². The monoisotopic (exact) mass is 930 g/mol. The molecule has 0 saturated heterocycles. The number of anilines is 4. The number of furan rings is 2. The summed E-state index contributed by atoms with van der Waals surface area (Å²) in [6.07, 6.45) is 4.73. The van der Waals surface area contributed by atoms with Gasteiger partial charge < -0.3 is 43.8 Å².